The fourth-order valence-corrected chi connectivity index (χ4v) is 3.15. The van der Waals surface area contributed by atoms with Crippen LogP contribution in [0.5, 0.6) is 0 Å². The summed E-state index contributed by atoms with van der Waals surface area (Å²) in [5.41, 5.74) is 3.67. The Labute approximate surface area is 171 Å². The van der Waals surface area contributed by atoms with Crippen molar-refractivity contribution < 1.29 is 14.3 Å². The lowest BCUT2D eigenvalue weighted by atomic mass is 10.1. The zero-order chi connectivity index (χ0) is 21.4. The van der Waals surface area contributed by atoms with Gasteiger partial charge in [0.25, 0.3) is 5.91 Å². The van der Waals surface area contributed by atoms with E-state index in [1.807, 2.05) is 63.2 Å². The molecule has 0 aliphatic carbocycles. The molecule has 0 saturated heterocycles. The van der Waals surface area contributed by atoms with Crippen LogP contribution in [0.15, 0.2) is 42.0 Å². The number of amides is 1. The normalized spacial score (nSPS) is 12.2. The number of rotatable bonds is 8. The number of hydrogen-bond donors (Lipinski definition) is 1. The molecule has 0 radical (unpaired) electrons. The van der Waals surface area contributed by atoms with E-state index in [1.165, 1.54) is 6.08 Å². The molecule has 0 saturated carbocycles. The molecule has 0 unspecified atom stereocenters. The smallest absolute Gasteiger partial charge is 0.349 e. The summed E-state index contributed by atoms with van der Waals surface area (Å²) in [4.78, 5) is 24.3. The molecule has 0 bridgehead atoms. The molecule has 152 valence electrons. The first kappa shape index (κ1) is 22.0. The Hall–Kier alpha value is -3.33. The van der Waals surface area contributed by atoms with Gasteiger partial charge in [0.1, 0.15) is 11.6 Å². The van der Waals surface area contributed by atoms with Crippen LogP contribution in [0.2, 0.25) is 0 Å². The van der Waals surface area contributed by atoms with Gasteiger partial charge in [0, 0.05) is 17.9 Å². The number of nitriles is 1. The molecule has 2 rings (SSSR count). The van der Waals surface area contributed by atoms with Crippen LogP contribution in [0.1, 0.15) is 48.8 Å². The minimum atomic E-state index is -0.810. The maximum atomic E-state index is 12.3. The molecule has 0 fully saturated rings. The highest BCUT2D eigenvalue weighted by molar-refractivity contribution is 5.99. The van der Waals surface area contributed by atoms with E-state index in [2.05, 4.69) is 16.8 Å². The van der Waals surface area contributed by atoms with Gasteiger partial charge >= 0.3 is 5.97 Å². The Morgan fingerprint density at radius 1 is 1.28 bits per heavy atom. The summed E-state index contributed by atoms with van der Waals surface area (Å²) in [5, 5.41) is 12.1. The Morgan fingerprint density at radius 3 is 2.59 bits per heavy atom. The number of benzene rings is 1. The average Bonchev–Trinajstić information content (AvgIpc) is 2.98. The van der Waals surface area contributed by atoms with Crippen molar-refractivity contribution in [3.8, 4) is 6.07 Å². The largest absolute Gasteiger partial charge is 0.451 e. The predicted molar refractivity (Wildman–Crippen MR) is 112 cm³/mol. The van der Waals surface area contributed by atoms with E-state index in [4.69, 9.17) is 4.74 Å². The van der Waals surface area contributed by atoms with Gasteiger partial charge in [-0.1, -0.05) is 37.3 Å². The van der Waals surface area contributed by atoms with Gasteiger partial charge < -0.3 is 14.6 Å². The number of aryl methyl sites for hydroxylation is 1. The van der Waals surface area contributed by atoms with E-state index in [0.29, 0.717) is 0 Å². The van der Waals surface area contributed by atoms with Crippen molar-refractivity contribution in [2.75, 3.05) is 6.61 Å². The number of ether oxygens (including phenoxy) is 1. The van der Waals surface area contributed by atoms with E-state index in [1.54, 1.807) is 0 Å². The molecular weight excluding hydrogens is 366 g/mol. The molecule has 1 atom stereocenters. The predicted octanol–water partition coefficient (Wildman–Crippen LogP) is 3.84. The highest BCUT2D eigenvalue weighted by Gasteiger charge is 2.16. The first-order valence-electron chi connectivity index (χ1n) is 9.67. The number of carbonyl (C=O) groups excluding carboxylic acids is 2. The van der Waals surface area contributed by atoms with Crippen molar-refractivity contribution in [3.05, 3.63) is 64.5 Å². The highest BCUT2D eigenvalue weighted by Crippen LogP contribution is 2.19. The SMILES string of the molecule is CCCn1c(C)cc(/C=C(\C#N)C(=O)OCC(=O)N[C@@H](C)c2ccccc2)c1C. The third-order valence-corrected chi connectivity index (χ3v) is 4.71. The first-order chi connectivity index (χ1) is 13.9. The Bertz CT molecular complexity index is 936. The zero-order valence-corrected chi connectivity index (χ0v) is 17.4. The molecule has 1 amide bonds. The maximum absolute atomic E-state index is 12.3. The van der Waals surface area contributed by atoms with Crippen LogP contribution in [0.4, 0.5) is 0 Å². The number of nitrogens with one attached hydrogen (secondary N) is 1. The number of carbonyl (C=O) groups is 2. The lowest BCUT2D eigenvalue weighted by Crippen LogP contribution is -2.31. The van der Waals surface area contributed by atoms with Crippen LogP contribution >= 0.6 is 0 Å². The van der Waals surface area contributed by atoms with Crippen molar-refractivity contribution >= 4 is 18.0 Å². The third-order valence-electron chi connectivity index (χ3n) is 4.71. The lowest BCUT2D eigenvalue weighted by Gasteiger charge is -2.14. The van der Waals surface area contributed by atoms with E-state index < -0.39 is 18.5 Å². The molecule has 1 aromatic carbocycles. The van der Waals surface area contributed by atoms with Gasteiger partial charge in [-0.15, -0.1) is 0 Å². The molecule has 0 spiro atoms. The summed E-state index contributed by atoms with van der Waals surface area (Å²) in [6.45, 7) is 8.31. The Kier molecular flexibility index (Phi) is 7.79. The standard InChI is InChI=1S/C23H27N3O3/c1-5-11-26-16(2)12-20(18(26)4)13-21(14-24)23(28)29-15-22(27)25-17(3)19-9-7-6-8-10-19/h6-10,12-13,17H,5,11,15H2,1-4H3,(H,25,27)/b21-13+/t17-/m0/s1. The summed E-state index contributed by atoms with van der Waals surface area (Å²) < 4.78 is 7.19. The highest BCUT2D eigenvalue weighted by atomic mass is 16.5. The van der Waals surface area contributed by atoms with Gasteiger partial charge in [0.2, 0.25) is 0 Å². The third kappa shape index (κ3) is 5.82. The van der Waals surface area contributed by atoms with Crippen LogP contribution in [-0.4, -0.2) is 23.1 Å². The summed E-state index contributed by atoms with van der Waals surface area (Å²) in [6.07, 6.45) is 2.50. The molecule has 6 heteroatoms. The fourth-order valence-electron chi connectivity index (χ4n) is 3.15. The van der Waals surface area contributed by atoms with Crippen LogP contribution < -0.4 is 5.32 Å². The molecular formula is C23H27N3O3. The molecule has 1 N–H and O–H groups in total. The Morgan fingerprint density at radius 2 is 1.97 bits per heavy atom. The molecule has 1 aromatic heterocycles. The zero-order valence-electron chi connectivity index (χ0n) is 17.4. The van der Waals surface area contributed by atoms with E-state index in [0.717, 1.165) is 35.5 Å². The van der Waals surface area contributed by atoms with E-state index in [-0.39, 0.29) is 11.6 Å². The number of esters is 1. The summed E-state index contributed by atoms with van der Waals surface area (Å²) >= 11 is 0. The second kappa shape index (κ2) is 10.3. The Balaban J connectivity index is 2.00. The van der Waals surface area contributed by atoms with Gasteiger partial charge in [-0.2, -0.15) is 5.26 Å². The average molecular weight is 393 g/mol. The second-order valence-electron chi connectivity index (χ2n) is 6.92. The van der Waals surface area contributed by atoms with Crippen molar-refractivity contribution in [3.63, 3.8) is 0 Å². The van der Waals surface area contributed by atoms with E-state index in [9.17, 15) is 14.9 Å². The number of hydrogen-bond acceptors (Lipinski definition) is 4. The van der Waals surface area contributed by atoms with Gasteiger partial charge in [-0.05, 0) is 50.5 Å². The quantitative estimate of drug-likeness (QED) is 0.419. The van der Waals surface area contributed by atoms with Gasteiger partial charge in [-0.25, -0.2) is 4.79 Å². The number of aromatic nitrogens is 1. The molecule has 29 heavy (non-hydrogen) atoms. The van der Waals surface area contributed by atoms with Crippen LogP contribution in [0, 0.1) is 25.2 Å². The molecule has 1 heterocycles. The van der Waals surface area contributed by atoms with E-state index >= 15 is 0 Å². The summed E-state index contributed by atoms with van der Waals surface area (Å²) in [5.74, 6) is -1.23. The summed E-state index contributed by atoms with van der Waals surface area (Å²) in [7, 11) is 0. The minimum absolute atomic E-state index is 0.134. The minimum Gasteiger partial charge on any atom is -0.451 e. The molecule has 0 aliphatic heterocycles. The van der Waals surface area contributed by atoms with Crippen molar-refractivity contribution in [2.45, 2.75) is 46.7 Å². The van der Waals surface area contributed by atoms with Crippen LogP contribution in [0.3, 0.4) is 0 Å². The topological polar surface area (TPSA) is 84.1 Å². The van der Waals surface area contributed by atoms with Crippen molar-refractivity contribution in [1.29, 1.82) is 5.26 Å². The first-order valence-corrected chi connectivity index (χ1v) is 9.67. The van der Waals surface area contributed by atoms with Crippen molar-refractivity contribution in [2.24, 2.45) is 0 Å². The maximum Gasteiger partial charge on any atom is 0.349 e. The van der Waals surface area contributed by atoms with Gasteiger partial charge in [0.05, 0.1) is 6.04 Å². The number of nitrogens with zero attached hydrogens (tertiary/aromatic N) is 2. The van der Waals surface area contributed by atoms with Gasteiger partial charge in [-0.3, -0.25) is 4.79 Å². The lowest BCUT2D eigenvalue weighted by molar-refractivity contribution is -0.144. The molecule has 2 aromatic rings. The summed E-state index contributed by atoms with van der Waals surface area (Å²) in [6, 6.07) is 13.1. The van der Waals surface area contributed by atoms with Crippen LogP contribution in [0.25, 0.3) is 6.08 Å². The fraction of sp³-hybridized carbons (Fsp3) is 0.348. The van der Waals surface area contributed by atoms with Crippen LogP contribution in [-0.2, 0) is 20.9 Å². The van der Waals surface area contributed by atoms with Gasteiger partial charge in [0.15, 0.2) is 6.61 Å². The molecule has 0 aliphatic rings. The monoisotopic (exact) mass is 393 g/mol. The molecule has 6 nitrogen and oxygen atoms in total. The second-order valence-corrected chi connectivity index (χ2v) is 6.92. The van der Waals surface area contributed by atoms with Crippen molar-refractivity contribution in [1.82, 2.24) is 9.88 Å².